The highest BCUT2D eigenvalue weighted by Crippen LogP contribution is 2.28. The highest BCUT2D eigenvalue weighted by Gasteiger charge is 2.07. The molecule has 1 rings (SSSR count). The van der Waals surface area contributed by atoms with Crippen molar-refractivity contribution >= 4 is 11.7 Å². The largest absolute Gasteiger partial charge is 0.493 e. The van der Waals surface area contributed by atoms with Crippen LogP contribution >= 0.6 is 0 Å². The van der Waals surface area contributed by atoms with Crippen molar-refractivity contribution in [2.24, 2.45) is 11.5 Å². The van der Waals surface area contributed by atoms with Crippen LogP contribution in [-0.4, -0.2) is 25.9 Å². The Labute approximate surface area is 117 Å². The summed E-state index contributed by atoms with van der Waals surface area (Å²) in [6, 6.07) is 5.51. The Morgan fingerprint density at radius 2 is 1.80 bits per heavy atom. The second kappa shape index (κ2) is 7.18. The van der Waals surface area contributed by atoms with Crippen LogP contribution in [0.2, 0.25) is 0 Å². The molecule has 0 unspecified atom stereocenters. The van der Waals surface area contributed by atoms with E-state index in [-0.39, 0.29) is 0 Å². The van der Waals surface area contributed by atoms with Crippen LogP contribution in [0.15, 0.2) is 30.0 Å². The molecule has 4 N–H and O–H groups in total. The van der Waals surface area contributed by atoms with E-state index in [9.17, 15) is 9.59 Å². The SMILES string of the molecule is COc1ccc(CCC(N)=CC(=O)C(N)=O)cc1OC. The van der Waals surface area contributed by atoms with Crippen molar-refractivity contribution in [3.63, 3.8) is 0 Å². The van der Waals surface area contributed by atoms with Gasteiger partial charge in [-0.25, -0.2) is 0 Å². The van der Waals surface area contributed by atoms with Crippen LogP contribution < -0.4 is 20.9 Å². The molecule has 0 aliphatic heterocycles. The highest BCUT2D eigenvalue weighted by molar-refractivity contribution is 6.40. The Morgan fingerprint density at radius 3 is 2.35 bits per heavy atom. The average molecular weight is 278 g/mol. The van der Waals surface area contributed by atoms with Gasteiger partial charge in [0.15, 0.2) is 11.5 Å². The minimum Gasteiger partial charge on any atom is -0.493 e. The number of hydrogen-bond acceptors (Lipinski definition) is 5. The van der Waals surface area contributed by atoms with Crippen molar-refractivity contribution in [3.05, 3.63) is 35.5 Å². The molecule has 0 bridgehead atoms. The lowest BCUT2D eigenvalue weighted by Crippen LogP contribution is -2.22. The summed E-state index contributed by atoms with van der Waals surface area (Å²) in [4.78, 5) is 21.7. The zero-order chi connectivity index (χ0) is 15.1. The van der Waals surface area contributed by atoms with Crippen LogP contribution in [0, 0.1) is 0 Å². The first kappa shape index (κ1) is 15.6. The number of amides is 1. The van der Waals surface area contributed by atoms with Crippen molar-refractivity contribution in [3.8, 4) is 11.5 Å². The number of primary amides is 1. The number of carbonyl (C=O) groups excluding carboxylic acids is 2. The van der Waals surface area contributed by atoms with Crippen LogP contribution in [0.1, 0.15) is 12.0 Å². The van der Waals surface area contributed by atoms with Crippen molar-refractivity contribution in [1.29, 1.82) is 0 Å². The number of allylic oxidation sites excluding steroid dienone is 1. The van der Waals surface area contributed by atoms with Crippen LogP contribution in [0.25, 0.3) is 0 Å². The zero-order valence-corrected chi connectivity index (χ0v) is 11.5. The van der Waals surface area contributed by atoms with Gasteiger partial charge in [0.25, 0.3) is 5.91 Å². The zero-order valence-electron chi connectivity index (χ0n) is 11.5. The number of methoxy groups -OCH3 is 2. The first-order valence-electron chi connectivity index (χ1n) is 5.98. The van der Waals surface area contributed by atoms with Gasteiger partial charge in [0.05, 0.1) is 14.2 Å². The quantitative estimate of drug-likeness (QED) is 0.559. The summed E-state index contributed by atoms with van der Waals surface area (Å²) in [7, 11) is 3.12. The molecule has 108 valence electrons. The second-order valence-electron chi connectivity index (χ2n) is 4.14. The molecule has 0 radical (unpaired) electrons. The number of hydrogen-bond donors (Lipinski definition) is 2. The van der Waals surface area contributed by atoms with Gasteiger partial charge in [-0.1, -0.05) is 6.07 Å². The molecule has 1 aromatic rings. The van der Waals surface area contributed by atoms with E-state index in [1.54, 1.807) is 20.3 Å². The number of aryl methyl sites for hydroxylation is 1. The third-order valence-electron chi connectivity index (χ3n) is 2.71. The van der Waals surface area contributed by atoms with E-state index in [2.05, 4.69) is 0 Å². The monoisotopic (exact) mass is 278 g/mol. The van der Waals surface area contributed by atoms with Gasteiger partial charge in [0.1, 0.15) is 0 Å². The molecule has 1 aromatic carbocycles. The third kappa shape index (κ3) is 4.31. The van der Waals surface area contributed by atoms with Crippen LogP contribution in [0.5, 0.6) is 11.5 Å². The van der Waals surface area contributed by atoms with Crippen molar-refractivity contribution in [1.82, 2.24) is 0 Å². The summed E-state index contributed by atoms with van der Waals surface area (Å²) in [5, 5.41) is 0. The molecule has 0 saturated heterocycles. The molecule has 6 heteroatoms. The summed E-state index contributed by atoms with van der Waals surface area (Å²) in [5.41, 5.74) is 11.8. The minimum absolute atomic E-state index is 0.309. The van der Waals surface area contributed by atoms with Gasteiger partial charge in [-0.3, -0.25) is 9.59 Å². The van der Waals surface area contributed by atoms with Gasteiger partial charge in [0.2, 0.25) is 5.78 Å². The molecule has 0 aliphatic carbocycles. The first-order valence-corrected chi connectivity index (χ1v) is 5.98. The molecule has 0 spiro atoms. The number of carbonyl (C=O) groups is 2. The normalized spacial score (nSPS) is 11.0. The molecule has 1 amide bonds. The lowest BCUT2D eigenvalue weighted by Gasteiger charge is -2.09. The van der Waals surface area contributed by atoms with Crippen LogP contribution in [0.3, 0.4) is 0 Å². The summed E-state index contributed by atoms with van der Waals surface area (Å²) >= 11 is 0. The Balaban J connectivity index is 2.70. The lowest BCUT2D eigenvalue weighted by molar-refractivity contribution is -0.133. The maximum Gasteiger partial charge on any atom is 0.289 e. The van der Waals surface area contributed by atoms with E-state index in [0.717, 1.165) is 11.6 Å². The Morgan fingerprint density at radius 1 is 1.15 bits per heavy atom. The van der Waals surface area contributed by atoms with Gasteiger partial charge in [-0.15, -0.1) is 0 Å². The standard InChI is InChI=1S/C14H18N2O4/c1-19-12-6-4-9(7-13(12)20-2)3-5-10(15)8-11(17)14(16)18/h4,6-8H,3,5,15H2,1-2H3,(H2,16,18). The Bertz CT molecular complexity index is 538. The first-order chi connectivity index (χ1) is 9.47. The Hall–Kier alpha value is -2.50. The van der Waals surface area contributed by atoms with Crippen molar-refractivity contribution < 1.29 is 19.1 Å². The van der Waals surface area contributed by atoms with Gasteiger partial charge in [-0.05, 0) is 30.5 Å². The fourth-order valence-electron chi connectivity index (χ4n) is 1.64. The van der Waals surface area contributed by atoms with E-state index in [4.69, 9.17) is 20.9 Å². The third-order valence-corrected chi connectivity index (χ3v) is 2.71. The minimum atomic E-state index is -1.01. The predicted octanol–water partition coefficient (Wildman–Crippen LogP) is 0.533. The van der Waals surface area contributed by atoms with E-state index in [1.165, 1.54) is 0 Å². The Kier molecular flexibility index (Phi) is 5.58. The molecular weight excluding hydrogens is 260 g/mol. The molecular formula is C14H18N2O4. The number of ketones is 1. The smallest absolute Gasteiger partial charge is 0.289 e. The molecule has 0 saturated carbocycles. The van der Waals surface area contributed by atoms with E-state index < -0.39 is 11.7 Å². The summed E-state index contributed by atoms with van der Waals surface area (Å²) in [6.07, 6.45) is 2.10. The van der Waals surface area contributed by atoms with Gasteiger partial charge in [0, 0.05) is 11.8 Å². The molecule has 0 aliphatic rings. The number of benzene rings is 1. The number of rotatable bonds is 7. The van der Waals surface area contributed by atoms with Gasteiger partial charge < -0.3 is 20.9 Å². The van der Waals surface area contributed by atoms with Crippen LogP contribution in [0.4, 0.5) is 0 Å². The fraction of sp³-hybridized carbons (Fsp3) is 0.286. The summed E-state index contributed by atoms with van der Waals surface area (Å²) in [6.45, 7) is 0. The molecule has 0 fully saturated rings. The maximum absolute atomic E-state index is 11.1. The average Bonchev–Trinajstić information content (AvgIpc) is 2.44. The molecule has 0 aromatic heterocycles. The van der Waals surface area contributed by atoms with Crippen LogP contribution in [-0.2, 0) is 16.0 Å². The molecule has 20 heavy (non-hydrogen) atoms. The van der Waals surface area contributed by atoms with E-state index in [1.807, 2.05) is 12.1 Å². The number of ether oxygens (including phenoxy) is 2. The summed E-state index contributed by atoms with van der Waals surface area (Å²) < 4.78 is 10.3. The van der Waals surface area contributed by atoms with E-state index in [0.29, 0.717) is 30.0 Å². The van der Waals surface area contributed by atoms with Gasteiger partial charge >= 0.3 is 0 Å². The maximum atomic E-state index is 11.1. The highest BCUT2D eigenvalue weighted by atomic mass is 16.5. The summed E-state index contributed by atoms with van der Waals surface area (Å²) in [5.74, 6) is -0.543. The predicted molar refractivity (Wildman–Crippen MR) is 74.3 cm³/mol. The second-order valence-corrected chi connectivity index (χ2v) is 4.14. The molecule has 0 atom stereocenters. The van der Waals surface area contributed by atoms with Crippen molar-refractivity contribution in [2.75, 3.05) is 14.2 Å². The molecule has 6 nitrogen and oxygen atoms in total. The topological polar surface area (TPSA) is 105 Å². The fourth-order valence-corrected chi connectivity index (χ4v) is 1.64. The number of nitrogens with two attached hydrogens (primary N) is 2. The lowest BCUT2D eigenvalue weighted by atomic mass is 10.1. The van der Waals surface area contributed by atoms with Crippen molar-refractivity contribution in [2.45, 2.75) is 12.8 Å². The van der Waals surface area contributed by atoms with E-state index >= 15 is 0 Å². The van der Waals surface area contributed by atoms with Gasteiger partial charge in [-0.2, -0.15) is 0 Å². The molecule has 0 heterocycles.